The number of aromatic nitrogens is 2. The lowest BCUT2D eigenvalue weighted by atomic mass is 10.1. The largest absolute Gasteiger partial charge is 0.375 e. The maximum absolute atomic E-state index is 12.0. The molecule has 2 aromatic heterocycles. The molecule has 0 radical (unpaired) electrons. The van der Waals surface area contributed by atoms with Crippen molar-refractivity contribution in [3.63, 3.8) is 0 Å². The van der Waals surface area contributed by atoms with Crippen molar-refractivity contribution >= 4 is 5.91 Å². The molecule has 0 bridgehead atoms. The first-order chi connectivity index (χ1) is 12.2. The predicted molar refractivity (Wildman–Crippen MR) is 93.3 cm³/mol. The Bertz CT molecular complexity index is 747. The zero-order valence-corrected chi connectivity index (χ0v) is 14.0. The van der Waals surface area contributed by atoms with E-state index < -0.39 is 0 Å². The van der Waals surface area contributed by atoms with Gasteiger partial charge in [0, 0.05) is 44.8 Å². The summed E-state index contributed by atoms with van der Waals surface area (Å²) in [7, 11) is 0. The van der Waals surface area contributed by atoms with Gasteiger partial charge in [-0.15, -0.1) is 0 Å². The topological polar surface area (TPSA) is 87.3 Å². The van der Waals surface area contributed by atoms with E-state index in [0.717, 1.165) is 19.6 Å². The maximum Gasteiger partial charge on any atom is 0.260 e. The van der Waals surface area contributed by atoms with Crippen LogP contribution in [0, 0.1) is 0 Å². The van der Waals surface area contributed by atoms with Crippen LogP contribution in [0.1, 0.15) is 22.3 Å². The number of pyridine rings is 2. The molecule has 7 heteroatoms. The third kappa shape index (κ3) is 4.98. The van der Waals surface area contributed by atoms with Crippen molar-refractivity contribution in [1.82, 2.24) is 20.2 Å². The first-order valence-electron chi connectivity index (χ1n) is 8.41. The molecule has 3 rings (SSSR count). The van der Waals surface area contributed by atoms with Crippen LogP contribution in [0.2, 0.25) is 0 Å². The second-order valence-corrected chi connectivity index (χ2v) is 6.04. The lowest BCUT2D eigenvalue weighted by Gasteiger charge is -2.33. The minimum absolute atomic E-state index is 0.0740. The van der Waals surface area contributed by atoms with Gasteiger partial charge < -0.3 is 15.0 Å². The molecule has 2 N–H and O–H groups in total. The molecule has 1 atom stereocenters. The highest BCUT2D eigenvalue weighted by Gasteiger charge is 2.20. The Morgan fingerprint density at radius 1 is 1.36 bits per heavy atom. The summed E-state index contributed by atoms with van der Waals surface area (Å²) in [6.45, 7) is 3.74. The van der Waals surface area contributed by atoms with E-state index in [-0.39, 0.29) is 23.1 Å². The van der Waals surface area contributed by atoms with Gasteiger partial charge in [-0.3, -0.25) is 19.5 Å². The highest BCUT2D eigenvalue weighted by molar-refractivity contribution is 5.93. The SMILES string of the molecule is O=C(NCCC1CN(Cc2ccncc2)CCO1)c1ccc[nH]c1=O. The number of hydrogen-bond donors (Lipinski definition) is 2. The monoisotopic (exact) mass is 342 g/mol. The number of carbonyl (C=O) groups excluding carboxylic acids is 1. The standard InChI is InChI=1S/C18H22N4O3/c23-17-16(2-1-6-20-17)18(24)21-9-5-15-13-22(10-11-25-15)12-14-3-7-19-8-4-14/h1-4,6-8,15H,5,9-13H2,(H,20,23)(H,21,24). The number of carbonyl (C=O) groups is 1. The maximum atomic E-state index is 12.0. The summed E-state index contributed by atoms with van der Waals surface area (Å²) in [6.07, 6.45) is 5.89. The van der Waals surface area contributed by atoms with E-state index in [9.17, 15) is 9.59 Å². The summed E-state index contributed by atoms with van der Waals surface area (Å²) in [5.41, 5.74) is 0.982. The number of morpholine rings is 1. The first-order valence-corrected chi connectivity index (χ1v) is 8.41. The molecule has 2 aromatic rings. The van der Waals surface area contributed by atoms with Gasteiger partial charge in [-0.05, 0) is 36.2 Å². The molecule has 1 amide bonds. The number of H-pyrrole nitrogens is 1. The van der Waals surface area contributed by atoms with Crippen LogP contribution in [0.15, 0.2) is 47.7 Å². The minimum Gasteiger partial charge on any atom is -0.375 e. The molecule has 0 spiro atoms. The number of amides is 1. The summed E-state index contributed by atoms with van der Waals surface area (Å²) in [5, 5.41) is 2.79. The van der Waals surface area contributed by atoms with Crippen molar-refractivity contribution in [3.8, 4) is 0 Å². The lowest BCUT2D eigenvalue weighted by molar-refractivity contribution is -0.0342. The quantitative estimate of drug-likeness (QED) is 0.810. The van der Waals surface area contributed by atoms with Crippen molar-refractivity contribution in [2.75, 3.05) is 26.2 Å². The lowest BCUT2D eigenvalue weighted by Crippen LogP contribution is -2.43. The molecular weight excluding hydrogens is 320 g/mol. The molecule has 0 saturated carbocycles. The van der Waals surface area contributed by atoms with Crippen LogP contribution in [-0.2, 0) is 11.3 Å². The van der Waals surface area contributed by atoms with E-state index in [1.54, 1.807) is 18.5 Å². The molecule has 3 heterocycles. The number of rotatable bonds is 6. The average Bonchev–Trinajstić information content (AvgIpc) is 2.63. The highest BCUT2D eigenvalue weighted by Crippen LogP contribution is 2.12. The summed E-state index contributed by atoms with van der Waals surface area (Å²) < 4.78 is 5.78. The normalized spacial score (nSPS) is 18.0. The Labute approximate surface area is 146 Å². The zero-order chi connectivity index (χ0) is 17.5. The Morgan fingerprint density at radius 2 is 2.20 bits per heavy atom. The van der Waals surface area contributed by atoms with E-state index in [1.165, 1.54) is 17.8 Å². The second kappa shape index (κ2) is 8.55. The van der Waals surface area contributed by atoms with Crippen LogP contribution in [0.25, 0.3) is 0 Å². The van der Waals surface area contributed by atoms with Gasteiger partial charge in [0.25, 0.3) is 11.5 Å². The van der Waals surface area contributed by atoms with Crippen molar-refractivity contribution in [3.05, 3.63) is 64.3 Å². The molecule has 1 aliphatic heterocycles. The summed E-state index contributed by atoms with van der Waals surface area (Å²) in [5.74, 6) is -0.355. The van der Waals surface area contributed by atoms with Crippen LogP contribution >= 0.6 is 0 Å². The molecule has 1 aliphatic rings. The van der Waals surface area contributed by atoms with Crippen molar-refractivity contribution in [1.29, 1.82) is 0 Å². The van der Waals surface area contributed by atoms with Crippen LogP contribution < -0.4 is 10.9 Å². The fourth-order valence-electron chi connectivity index (χ4n) is 2.89. The van der Waals surface area contributed by atoms with Gasteiger partial charge in [-0.1, -0.05) is 0 Å². The Balaban J connectivity index is 1.44. The molecular formula is C18H22N4O3. The van der Waals surface area contributed by atoms with Gasteiger partial charge >= 0.3 is 0 Å². The first kappa shape index (κ1) is 17.3. The number of nitrogens with one attached hydrogen (secondary N) is 2. The number of ether oxygens (including phenoxy) is 1. The smallest absolute Gasteiger partial charge is 0.260 e. The zero-order valence-electron chi connectivity index (χ0n) is 14.0. The fraction of sp³-hybridized carbons (Fsp3) is 0.389. The van der Waals surface area contributed by atoms with E-state index in [0.29, 0.717) is 19.6 Å². The third-order valence-corrected chi connectivity index (χ3v) is 4.19. The van der Waals surface area contributed by atoms with Gasteiger partial charge in [0.05, 0.1) is 12.7 Å². The highest BCUT2D eigenvalue weighted by atomic mass is 16.5. The van der Waals surface area contributed by atoms with Gasteiger partial charge in [-0.25, -0.2) is 0 Å². The van der Waals surface area contributed by atoms with Crippen molar-refractivity contribution in [2.45, 2.75) is 19.1 Å². The van der Waals surface area contributed by atoms with Crippen LogP contribution in [0.5, 0.6) is 0 Å². The Kier molecular flexibility index (Phi) is 5.92. The van der Waals surface area contributed by atoms with Gasteiger partial charge in [0.1, 0.15) is 5.56 Å². The number of nitrogens with zero attached hydrogens (tertiary/aromatic N) is 2. The summed E-state index contributed by atoms with van der Waals surface area (Å²) >= 11 is 0. The third-order valence-electron chi connectivity index (χ3n) is 4.19. The van der Waals surface area contributed by atoms with Gasteiger partial charge in [-0.2, -0.15) is 0 Å². The molecule has 132 valence electrons. The van der Waals surface area contributed by atoms with Gasteiger partial charge in [0.2, 0.25) is 0 Å². The number of aromatic amines is 1. The fourth-order valence-corrected chi connectivity index (χ4v) is 2.89. The van der Waals surface area contributed by atoms with Crippen molar-refractivity contribution in [2.24, 2.45) is 0 Å². The van der Waals surface area contributed by atoms with Crippen LogP contribution in [0.4, 0.5) is 0 Å². The van der Waals surface area contributed by atoms with E-state index in [2.05, 4.69) is 20.2 Å². The Hall–Kier alpha value is -2.51. The van der Waals surface area contributed by atoms with E-state index in [4.69, 9.17) is 4.74 Å². The van der Waals surface area contributed by atoms with Crippen LogP contribution in [0.3, 0.4) is 0 Å². The number of hydrogen-bond acceptors (Lipinski definition) is 5. The summed E-state index contributed by atoms with van der Waals surface area (Å²) in [4.78, 5) is 32.5. The molecule has 0 aliphatic carbocycles. The van der Waals surface area contributed by atoms with Crippen LogP contribution in [-0.4, -0.2) is 53.1 Å². The van der Waals surface area contributed by atoms with Crippen molar-refractivity contribution < 1.29 is 9.53 Å². The molecule has 7 nitrogen and oxygen atoms in total. The van der Waals surface area contributed by atoms with Gasteiger partial charge in [0.15, 0.2) is 0 Å². The molecule has 25 heavy (non-hydrogen) atoms. The average molecular weight is 342 g/mol. The molecule has 1 unspecified atom stereocenters. The molecule has 1 saturated heterocycles. The predicted octanol–water partition coefficient (Wildman–Crippen LogP) is 0.791. The van der Waals surface area contributed by atoms with E-state index in [1.807, 2.05) is 12.1 Å². The van der Waals surface area contributed by atoms with E-state index >= 15 is 0 Å². The molecule has 0 aromatic carbocycles. The molecule has 1 fully saturated rings. The minimum atomic E-state index is -0.377. The second-order valence-electron chi connectivity index (χ2n) is 6.04. The summed E-state index contributed by atoms with van der Waals surface area (Å²) in [6, 6.07) is 7.18. The Morgan fingerprint density at radius 3 is 3.00 bits per heavy atom.